The van der Waals surface area contributed by atoms with E-state index < -0.39 is 24.2 Å². The van der Waals surface area contributed by atoms with E-state index in [0.717, 1.165) is 51.6 Å². The Morgan fingerprint density at radius 3 is 2.63 bits per heavy atom. The number of hydrogen-bond acceptors (Lipinski definition) is 7. The van der Waals surface area contributed by atoms with E-state index in [1.165, 1.54) is 32.1 Å². The lowest BCUT2D eigenvalue weighted by molar-refractivity contribution is -0.208. The van der Waals surface area contributed by atoms with Gasteiger partial charge < -0.3 is 30.5 Å². The number of halogens is 1. The largest absolute Gasteiger partial charge is 0.368 e. The second-order valence-electron chi connectivity index (χ2n) is 14.6. The molecule has 0 aromatic rings. The third kappa shape index (κ3) is 5.65. The molecule has 3 N–H and O–H groups in total. The van der Waals surface area contributed by atoms with Gasteiger partial charge in [-0.15, -0.1) is 0 Å². The van der Waals surface area contributed by atoms with Crippen LogP contribution in [0.25, 0.3) is 0 Å². The summed E-state index contributed by atoms with van der Waals surface area (Å²) in [4.78, 5) is 45.3. The lowest BCUT2D eigenvalue weighted by Gasteiger charge is -2.60. The topological polar surface area (TPSA) is 103 Å². The van der Waals surface area contributed by atoms with E-state index in [1.54, 1.807) is 6.20 Å². The van der Waals surface area contributed by atoms with Crippen molar-refractivity contribution in [2.24, 2.45) is 23.7 Å². The van der Waals surface area contributed by atoms with Crippen molar-refractivity contribution in [3.8, 4) is 0 Å². The third-order valence-corrected chi connectivity index (χ3v) is 12.1. The molecule has 4 heterocycles. The number of ether oxygens (including phenoxy) is 1. The number of carbonyl (C=O) groups excluding carboxylic acids is 3. The molecule has 3 aliphatic carbocycles. The molecule has 0 bridgehead atoms. The lowest BCUT2D eigenvalue weighted by atomic mass is 9.65. The van der Waals surface area contributed by atoms with Crippen LogP contribution in [0, 0.1) is 23.7 Å². The number of rotatable bonds is 6. The Labute approximate surface area is 255 Å². The van der Waals surface area contributed by atoms with Crippen LogP contribution in [0.3, 0.4) is 0 Å². The van der Waals surface area contributed by atoms with Gasteiger partial charge in [-0.3, -0.25) is 14.4 Å². The summed E-state index contributed by atoms with van der Waals surface area (Å²) in [5, 5.41) is 9.38. The zero-order chi connectivity index (χ0) is 29.7. The van der Waals surface area contributed by atoms with Gasteiger partial charge in [0.05, 0.1) is 35.7 Å². The van der Waals surface area contributed by atoms with Crippen LogP contribution in [0.4, 0.5) is 4.39 Å². The second-order valence-corrected chi connectivity index (χ2v) is 14.6. The van der Waals surface area contributed by atoms with Gasteiger partial charge in [-0.25, -0.2) is 4.39 Å². The summed E-state index contributed by atoms with van der Waals surface area (Å²) in [5.74, 6) is -0.383. The molecule has 0 aromatic heterocycles. The minimum Gasteiger partial charge on any atom is -0.368 e. The van der Waals surface area contributed by atoms with Gasteiger partial charge in [-0.2, -0.15) is 0 Å². The maximum Gasteiger partial charge on any atom is 0.256 e. The molecule has 11 atom stereocenters. The van der Waals surface area contributed by atoms with E-state index in [4.69, 9.17) is 4.74 Å². The average molecular weight is 600 g/mol. The van der Waals surface area contributed by atoms with E-state index in [-0.39, 0.29) is 53.7 Å². The predicted octanol–water partition coefficient (Wildman–Crippen LogP) is 2.30. The first-order valence-corrected chi connectivity index (χ1v) is 17.2. The van der Waals surface area contributed by atoms with Crippen molar-refractivity contribution in [2.75, 3.05) is 33.2 Å². The Kier molecular flexibility index (Phi) is 8.55. The highest BCUT2D eigenvalue weighted by Crippen LogP contribution is 2.50. The molecule has 0 spiro atoms. The fourth-order valence-electron chi connectivity index (χ4n) is 9.77. The number of Topliss-reactive ketones (excluding diaryl/α,β-unsaturated/α-hetero) is 1. The zero-order valence-electron chi connectivity index (χ0n) is 25.6. The molecule has 4 aliphatic heterocycles. The first-order valence-electron chi connectivity index (χ1n) is 17.2. The summed E-state index contributed by atoms with van der Waals surface area (Å²) in [6.07, 6.45) is 11.3. The summed E-state index contributed by atoms with van der Waals surface area (Å²) in [6, 6.07) is -0.668. The van der Waals surface area contributed by atoms with Crippen LogP contribution in [-0.2, 0) is 19.1 Å². The zero-order valence-corrected chi connectivity index (χ0v) is 25.6. The fourth-order valence-corrected chi connectivity index (χ4v) is 9.77. The first kappa shape index (κ1) is 29.7. The molecule has 3 saturated heterocycles. The number of amides is 2. The Hall–Kier alpha value is -2.04. The van der Waals surface area contributed by atoms with E-state index >= 15 is 4.39 Å². The minimum atomic E-state index is -1.42. The van der Waals surface area contributed by atoms with Gasteiger partial charge in [0.2, 0.25) is 5.91 Å². The van der Waals surface area contributed by atoms with Gasteiger partial charge in [0.1, 0.15) is 12.3 Å². The van der Waals surface area contributed by atoms with Gasteiger partial charge in [-0.1, -0.05) is 25.7 Å². The molecular formula is C33H50FN5O4. The SMILES string of the molecule is CN1CCCC1CCNC(=O)C1=CN2C3CC4CCCCC4CC3OC3C(NC(=O)C4CCCNC4)C(F)CC(C1=O)C32. The summed E-state index contributed by atoms with van der Waals surface area (Å²) in [7, 11) is 2.12. The van der Waals surface area contributed by atoms with Gasteiger partial charge in [0.25, 0.3) is 5.91 Å². The van der Waals surface area contributed by atoms with Gasteiger partial charge in [0.15, 0.2) is 5.78 Å². The molecule has 7 aliphatic rings. The summed E-state index contributed by atoms with van der Waals surface area (Å²) >= 11 is 0. The molecule has 7 rings (SSSR count). The highest BCUT2D eigenvalue weighted by molar-refractivity contribution is 6.20. The molecule has 0 radical (unpaired) electrons. The monoisotopic (exact) mass is 599 g/mol. The number of nitrogens with zero attached hydrogens (tertiary/aromatic N) is 2. The quantitative estimate of drug-likeness (QED) is 0.403. The van der Waals surface area contributed by atoms with Crippen LogP contribution >= 0.6 is 0 Å². The van der Waals surface area contributed by atoms with Crippen LogP contribution in [0.2, 0.25) is 0 Å². The van der Waals surface area contributed by atoms with Crippen molar-refractivity contribution in [2.45, 2.75) is 120 Å². The molecule has 43 heavy (non-hydrogen) atoms. The normalized spacial score (nSPS) is 42.7. The molecule has 0 aromatic carbocycles. The number of ketones is 1. The van der Waals surface area contributed by atoms with Crippen molar-refractivity contribution in [1.82, 2.24) is 25.8 Å². The summed E-state index contributed by atoms with van der Waals surface area (Å²) in [6.45, 7) is 3.10. The first-order chi connectivity index (χ1) is 20.9. The molecule has 238 valence electrons. The highest BCUT2D eigenvalue weighted by atomic mass is 19.1. The minimum absolute atomic E-state index is 0.00531. The van der Waals surface area contributed by atoms with Gasteiger partial charge in [-0.05, 0) is 83.3 Å². The van der Waals surface area contributed by atoms with E-state index in [1.807, 2.05) is 0 Å². The molecule has 3 saturated carbocycles. The van der Waals surface area contributed by atoms with Crippen LogP contribution in [0.1, 0.15) is 77.0 Å². The fraction of sp³-hybridized carbons (Fsp3) is 0.848. The number of morpholine rings is 1. The number of fused-ring (bicyclic) bond motifs is 3. The van der Waals surface area contributed by atoms with Gasteiger partial charge >= 0.3 is 0 Å². The lowest BCUT2D eigenvalue weighted by Crippen LogP contribution is -2.74. The number of carbonyl (C=O) groups is 3. The van der Waals surface area contributed by atoms with E-state index in [0.29, 0.717) is 31.0 Å². The molecule has 6 fully saturated rings. The van der Waals surface area contributed by atoms with Crippen molar-refractivity contribution >= 4 is 17.6 Å². The van der Waals surface area contributed by atoms with Crippen molar-refractivity contribution in [3.05, 3.63) is 11.8 Å². The van der Waals surface area contributed by atoms with Crippen molar-refractivity contribution < 1.29 is 23.5 Å². The Morgan fingerprint density at radius 1 is 1.07 bits per heavy atom. The maximum absolute atomic E-state index is 16.1. The molecule has 9 nitrogen and oxygen atoms in total. The maximum atomic E-state index is 16.1. The van der Waals surface area contributed by atoms with Crippen molar-refractivity contribution in [1.29, 1.82) is 0 Å². The standard InChI is InChI=1S/C33H50FN5O4/c1-38-13-5-9-22(38)10-12-36-33(42)24-18-39-26-14-19-6-2-3-7-20(19)15-27(26)43-31-28(25(34)16-23(29(31)39)30(24)40)37-32(41)21-8-4-11-35-17-21/h18-23,25-29,31,35H,2-17H2,1H3,(H,36,42)(H,37,41). The van der Waals surface area contributed by atoms with Crippen LogP contribution in [0.15, 0.2) is 11.8 Å². The van der Waals surface area contributed by atoms with E-state index in [2.05, 4.69) is 32.8 Å². The average Bonchev–Trinajstić information content (AvgIpc) is 3.43. The number of nitrogens with one attached hydrogen (secondary N) is 3. The predicted molar refractivity (Wildman–Crippen MR) is 160 cm³/mol. The van der Waals surface area contributed by atoms with Crippen LogP contribution in [0.5, 0.6) is 0 Å². The Bertz CT molecular complexity index is 1110. The van der Waals surface area contributed by atoms with Gasteiger partial charge in [0, 0.05) is 31.2 Å². The smallest absolute Gasteiger partial charge is 0.256 e. The highest BCUT2D eigenvalue weighted by Gasteiger charge is 2.60. The molecule has 10 heteroatoms. The van der Waals surface area contributed by atoms with Crippen LogP contribution < -0.4 is 16.0 Å². The number of hydrogen-bond donors (Lipinski definition) is 3. The van der Waals surface area contributed by atoms with E-state index in [9.17, 15) is 14.4 Å². The number of alkyl halides is 1. The second kappa shape index (κ2) is 12.4. The molecule has 2 amide bonds. The number of likely N-dealkylation sites (tertiary alicyclic amines) is 1. The van der Waals surface area contributed by atoms with Crippen LogP contribution in [-0.4, -0.2) is 103 Å². The molecule has 11 unspecified atom stereocenters. The molecular weight excluding hydrogens is 549 g/mol. The Morgan fingerprint density at radius 2 is 1.88 bits per heavy atom. The number of piperidine rings is 1. The Balaban J connectivity index is 1.14. The summed E-state index contributed by atoms with van der Waals surface area (Å²) < 4.78 is 23.0. The summed E-state index contributed by atoms with van der Waals surface area (Å²) in [5.41, 5.74) is 0.161. The van der Waals surface area contributed by atoms with Crippen molar-refractivity contribution in [3.63, 3.8) is 0 Å². The third-order valence-electron chi connectivity index (χ3n) is 12.1.